The van der Waals surface area contributed by atoms with Gasteiger partial charge in [-0.1, -0.05) is 0 Å². The van der Waals surface area contributed by atoms with E-state index in [2.05, 4.69) is 10.3 Å². The normalized spacial score (nSPS) is 19.1. The van der Waals surface area contributed by atoms with E-state index in [1.165, 1.54) is 0 Å². The number of piperidine rings is 1. The number of anilines is 1. The van der Waals surface area contributed by atoms with Crippen molar-refractivity contribution in [2.75, 3.05) is 25.0 Å². The van der Waals surface area contributed by atoms with Gasteiger partial charge in [0, 0.05) is 19.3 Å². The second-order valence-electron chi connectivity index (χ2n) is 4.46. The van der Waals surface area contributed by atoms with Gasteiger partial charge in [0.15, 0.2) is 0 Å². The number of amides is 2. The molecule has 2 heterocycles. The van der Waals surface area contributed by atoms with E-state index in [-0.39, 0.29) is 6.03 Å². The number of β-amino-alcohol motifs (C(OH)–C–C–N with tert-alkyl or cyclic N) is 1. The molecule has 1 aliphatic rings. The molecule has 104 valence electrons. The van der Waals surface area contributed by atoms with Crippen LogP contribution in [0.25, 0.3) is 0 Å². The van der Waals surface area contributed by atoms with Gasteiger partial charge < -0.3 is 20.1 Å². The molecule has 0 radical (unpaired) electrons. The number of likely N-dealkylation sites (tertiary alicyclic amines) is 1. The van der Waals surface area contributed by atoms with Crippen molar-refractivity contribution in [3.63, 3.8) is 0 Å². The van der Waals surface area contributed by atoms with Gasteiger partial charge in [-0.25, -0.2) is 9.78 Å². The van der Waals surface area contributed by atoms with Crippen LogP contribution in [-0.2, 0) is 0 Å². The minimum absolute atomic E-state index is 0.229. The van der Waals surface area contributed by atoms with Gasteiger partial charge in [-0.05, 0) is 31.9 Å². The van der Waals surface area contributed by atoms with E-state index in [0.29, 0.717) is 31.3 Å². The number of carbonyl (C=O) groups excluding carboxylic acids is 1. The molecular weight excluding hydrogens is 246 g/mol. The lowest BCUT2D eigenvalue weighted by Gasteiger charge is -2.30. The van der Waals surface area contributed by atoms with Gasteiger partial charge in [-0.3, -0.25) is 0 Å². The molecule has 0 aliphatic carbocycles. The van der Waals surface area contributed by atoms with Gasteiger partial charge in [0.1, 0.15) is 5.69 Å². The van der Waals surface area contributed by atoms with E-state index in [4.69, 9.17) is 4.74 Å². The molecule has 6 nitrogen and oxygen atoms in total. The summed E-state index contributed by atoms with van der Waals surface area (Å²) in [4.78, 5) is 17.8. The third-order valence-corrected chi connectivity index (χ3v) is 2.98. The van der Waals surface area contributed by atoms with Gasteiger partial charge in [0.05, 0.1) is 12.7 Å². The molecule has 0 bridgehead atoms. The predicted octanol–water partition coefficient (Wildman–Crippen LogP) is 1.47. The molecule has 1 unspecified atom stereocenters. The smallest absolute Gasteiger partial charge is 0.322 e. The van der Waals surface area contributed by atoms with Gasteiger partial charge in [0.25, 0.3) is 0 Å². The number of urea groups is 1. The number of nitrogens with zero attached hydrogens (tertiary/aromatic N) is 2. The van der Waals surface area contributed by atoms with Crippen molar-refractivity contribution in [3.05, 3.63) is 18.3 Å². The van der Waals surface area contributed by atoms with E-state index in [0.717, 1.165) is 12.8 Å². The van der Waals surface area contributed by atoms with Crippen molar-refractivity contribution in [2.24, 2.45) is 0 Å². The lowest BCUT2D eigenvalue weighted by Crippen LogP contribution is -2.44. The van der Waals surface area contributed by atoms with Crippen LogP contribution in [0.5, 0.6) is 5.88 Å². The van der Waals surface area contributed by atoms with Crippen LogP contribution >= 0.6 is 0 Å². The summed E-state index contributed by atoms with van der Waals surface area (Å²) in [6.07, 6.45) is 2.76. The number of ether oxygens (including phenoxy) is 1. The fourth-order valence-corrected chi connectivity index (χ4v) is 2.07. The van der Waals surface area contributed by atoms with Crippen LogP contribution in [0.3, 0.4) is 0 Å². The number of aromatic nitrogens is 1. The Kier molecular flexibility index (Phi) is 4.57. The molecule has 19 heavy (non-hydrogen) atoms. The van der Waals surface area contributed by atoms with E-state index >= 15 is 0 Å². The third-order valence-electron chi connectivity index (χ3n) is 2.98. The maximum absolute atomic E-state index is 12.1. The van der Waals surface area contributed by atoms with Gasteiger partial charge in [-0.2, -0.15) is 0 Å². The second kappa shape index (κ2) is 6.38. The Morgan fingerprint density at radius 1 is 1.68 bits per heavy atom. The van der Waals surface area contributed by atoms with Crippen LogP contribution in [0, 0.1) is 0 Å². The van der Waals surface area contributed by atoms with E-state index < -0.39 is 6.10 Å². The molecule has 2 N–H and O–H groups in total. The summed E-state index contributed by atoms with van der Waals surface area (Å²) >= 11 is 0. The van der Waals surface area contributed by atoms with Crippen molar-refractivity contribution >= 4 is 11.7 Å². The summed E-state index contributed by atoms with van der Waals surface area (Å²) in [7, 11) is 0. The molecule has 1 atom stereocenters. The number of hydrogen-bond acceptors (Lipinski definition) is 4. The first-order valence-corrected chi connectivity index (χ1v) is 6.52. The van der Waals surface area contributed by atoms with Crippen molar-refractivity contribution in [2.45, 2.75) is 25.9 Å². The molecule has 0 spiro atoms. The Labute approximate surface area is 112 Å². The van der Waals surface area contributed by atoms with Crippen molar-refractivity contribution in [3.8, 4) is 5.88 Å². The third kappa shape index (κ3) is 3.57. The molecular formula is C13H19N3O3. The summed E-state index contributed by atoms with van der Waals surface area (Å²) in [5, 5.41) is 12.3. The molecule has 1 fully saturated rings. The summed E-state index contributed by atoms with van der Waals surface area (Å²) in [6, 6.07) is 3.26. The molecule has 1 saturated heterocycles. The van der Waals surface area contributed by atoms with Gasteiger partial charge in [0.2, 0.25) is 5.88 Å². The fraction of sp³-hybridized carbons (Fsp3) is 0.538. The van der Waals surface area contributed by atoms with E-state index in [1.807, 2.05) is 6.92 Å². The quantitative estimate of drug-likeness (QED) is 0.868. The van der Waals surface area contributed by atoms with Gasteiger partial charge >= 0.3 is 6.03 Å². The standard InChI is InChI=1S/C13H19N3O3/c1-2-19-12-11(6-3-7-14-12)15-13(18)16-8-4-5-10(17)9-16/h3,6-7,10,17H,2,4-5,8-9H2,1H3,(H,15,18). The molecule has 6 heteroatoms. The van der Waals surface area contributed by atoms with Crippen LogP contribution in [0.1, 0.15) is 19.8 Å². The van der Waals surface area contributed by atoms with Crippen LogP contribution < -0.4 is 10.1 Å². The maximum Gasteiger partial charge on any atom is 0.322 e. The van der Waals surface area contributed by atoms with Gasteiger partial charge in [-0.15, -0.1) is 0 Å². The number of aliphatic hydroxyl groups is 1. The summed E-state index contributed by atoms with van der Waals surface area (Å²) in [6.45, 7) is 3.38. The zero-order valence-electron chi connectivity index (χ0n) is 11.0. The zero-order valence-corrected chi connectivity index (χ0v) is 11.0. The lowest BCUT2D eigenvalue weighted by atomic mass is 10.1. The van der Waals surface area contributed by atoms with Crippen LogP contribution in [0.2, 0.25) is 0 Å². The molecule has 1 aromatic heterocycles. The molecule has 0 aromatic carbocycles. The first-order chi connectivity index (χ1) is 9.20. The molecule has 2 rings (SSSR count). The highest BCUT2D eigenvalue weighted by atomic mass is 16.5. The minimum Gasteiger partial charge on any atom is -0.476 e. The van der Waals surface area contributed by atoms with Crippen LogP contribution in [0.15, 0.2) is 18.3 Å². The number of hydrogen-bond donors (Lipinski definition) is 2. The average Bonchev–Trinajstić information content (AvgIpc) is 2.41. The van der Waals surface area contributed by atoms with Crippen LogP contribution in [0.4, 0.5) is 10.5 Å². The number of pyridine rings is 1. The number of carbonyl (C=O) groups is 1. The predicted molar refractivity (Wildman–Crippen MR) is 71.2 cm³/mol. The Morgan fingerprint density at radius 2 is 2.53 bits per heavy atom. The SMILES string of the molecule is CCOc1ncccc1NC(=O)N1CCCC(O)C1. The lowest BCUT2D eigenvalue weighted by molar-refractivity contribution is 0.0883. The molecule has 1 aromatic rings. The summed E-state index contributed by atoms with van der Waals surface area (Å²) < 4.78 is 5.35. The Morgan fingerprint density at radius 3 is 3.26 bits per heavy atom. The highest BCUT2D eigenvalue weighted by Gasteiger charge is 2.22. The topological polar surface area (TPSA) is 74.7 Å². The Bertz CT molecular complexity index is 439. The first-order valence-electron chi connectivity index (χ1n) is 6.52. The minimum atomic E-state index is -0.431. The van der Waals surface area contributed by atoms with Crippen molar-refractivity contribution < 1.29 is 14.6 Å². The average molecular weight is 265 g/mol. The van der Waals surface area contributed by atoms with Crippen molar-refractivity contribution in [1.82, 2.24) is 9.88 Å². The second-order valence-corrected chi connectivity index (χ2v) is 4.46. The maximum atomic E-state index is 12.1. The van der Waals surface area contributed by atoms with E-state index in [9.17, 15) is 9.90 Å². The summed E-state index contributed by atoms with van der Waals surface area (Å²) in [5.41, 5.74) is 0.550. The molecule has 1 aliphatic heterocycles. The highest BCUT2D eigenvalue weighted by Crippen LogP contribution is 2.21. The van der Waals surface area contributed by atoms with Crippen molar-refractivity contribution in [1.29, 1.82) is 0 Å². The Hall–Kier alpha value is -1.82. The number of nitrogens with one attached hydrogen (secondary N) is 1. The van der Waals surface area contributed by atoms with Crippen LogP contribution in [-0.4, -0.2) is 46.8 Å². The largest absolute Gasteiger partial charge is 0.476 e. The number of aliphatic hydroxyl groups excluding tert-OH is 1. The zero-order chi connectivity index (χ0) is 13.7. The summed E-state index contributed by atoms with van der Waals surface area (Å²) in [5.74, 6) is 0.413. The Balaban J connectivity index is 2.02. The fourth-order valence-electron chi connectivity index (χ4n) is 2.07. The highest BCUT2D eigenvalue weighted by molar-refractivity contribution is 5.90. The molecule has 2 amide bonds. The molecule has 0 saturated carbocycles. The first kappa shape index (κ1) is 13.6. The monoisotopic (exact) mass is 265 g/mol. The number of rotatable bonds is 3. The van der Waals surface area contributed by atoms with E-state index in [1.54, 1.807) is 23.2 Å².